The fraction of sp³-hybridized carbons (Fsp3) is 0.368. The van der Waals surface area contributed by atoms with Crippen molar-refractivity contribution in [2.75, 3.05) is 30.4 Å². The molecule has 1 saturated heterocycles. The summed E-state index contributed by atoms with van der Waals surface area (Å²) in [5.74, 6) is 1.89. The minimum atomic E-state index is 0.132. The molecule has 1 aromatic carbocycles. The van der Waals surface area contributed by atoms with E-state index in [1.807, 2.05) is 59.3 Å². The maximum atomic E-state index is 12.9. The fourth-order valence-electron chi connectivity index (χ4n) is 3.08. The van der Waals surface area contributed by atoms with E-state index in [4.69, 9.17) is 0 Å². The quantitative estimate of drug-likeness (QED) is 0.873. The molecular formula is C19H23N3OS. The Hall–Kier alpha value is -2.01. The van der Waals surface area contributed by atoms with Crippen LogP contribution in [0.4, 0.5) is 5.69 Å². The van der Waals surface area contributed by atoms with Gasteiger partial charge in [0, 0.05) is 37.7 Å². The molecule has 0 bridgehead atoms. The van der Waals surface area contributed by atoms with Gasteiger partial charge in [-0.1, -0.05) is 18.2 Å². The molecule has 0 aliphatic carbocycles. The van der Waals surface area contributed by atoms with Crippen molar-refractivity contribution in [3.8, 4) is 0 Å². The fourth-order valence-corrected chi connectivity index (χ4v) is 3.83. The number of carbonyl (C=O) groups excluding carboxylic acids is 1. The summed E-state index contributed by atoms with van der Waals surface area (Å²) in [5, 5.41) is 3.38. The molecule has 126 valence electrons. The van der Waals surface area contributed by atoms with Crippen LogP contribution >= 0.6 is 11.8 Å². The molecule has 1 amide bonds. The third kappa shape index (κ3) is 4.09. The van der Waals surface area contributed by atoms with Gasteiger partial charge in [0.05, 0.1) is 5.56 Å². The van der Waals surface area contributed by atoms with E-state index in [-0.39, 0.29) is 5.91 Å². The van der Waals surface area contributed by atoms with E-state index in [1.165, 1.54) is 0 Å². The van der Waals surface area contributed by atoms with Crippen LogP contribution in [0.3, 0.4) is 0 Å². The topological polar surface area (TPSA) is 45.2 Å². The zero-order chi connectivity index (χ0) is 16.8. The number of pyridine rings is 1. The van der Waals surface area contributed by atoms with Crippen LogP contribution in [0.25, 0.3) is 0 Å². The first-order valence-electron chi connectivity index (χ1n) is 8.28. The molecule has 1 aliphatic rings. The van der Waals surface area contributed by atoms with Gasteiger partial charge >= 0.3 is 0 Å². The summed E-state index contributed by atoms with van der Waals surface area (Å²) in [4.78, 5) is 19.0. The minimum Gasteiger partial charge on any atom is -0.380 e. The van der Waals surface area contributed by atoms with Gasteiger partial charge in [-0.3, -0.25) is 9.78 Å². The normalized spacial score (nSPS) is 17.0. The highest BCUT2D eigenvalue weighted by Gasteiger charge is 2.27. The summed E-state index contributed by atoms with van der Waals surface area (Å²) in [6, 6.07) is 11.7. The standard InChI is InChI=1S/C19H23N3OS/c1-24-14-16-8-10-22(13-16)19(23)17-6-2-3-7-18(17)21-12-15-5-4-9-20-11-15/h2-7,9,11,16,21H,8,10,12-14H2,1H3. The first-order chi connectivity index (χ1) is 11.8. The van der Waals surface area contributed by atoms with E-state index in [0.717, 1.165) is 42.1 Å². The van der Waals surface area contributed by atoms with Gasteiger partial charge in [-0.2, -0.15) is 11.8 Å². The monoisotopic (exact) mass is 341 g/mol. The van der Waals surface area contributed by atoms with Crippen LogP contribution in [0, 0.1) is 5.92 Å². The average molecular weight is 341 g/mol. The lowest BCUT2D eigenvalue weighted by Gasteiger charge is -2.19. The number of likely N-dealkylation sites (tertiary alicyclic amines) is 1. The van der Waals surface area contributed by atoms with Gasteiger partial charge in [0.1, 0.15) is 0 Å². The molecule has 4 nitrogen and oxygen atoms in total. The highest BCUT2D eigenvalue weighted by molar-refractivity contribution is 7.98. The van der Waals surface area contributed by atoms with Gasteiger partial charge in [-0.25, -0.2) is 0 Å². The second-order valence-corrected chi connectivity index (χ2v) is 7.03. The van der Waals surface area contributed by atoms with Crippen molar-refractivity contribution in [1.29, 1.82) is 0 Å². The van der Waals surface area contributed by atoms with Crippen LogP contribution in [0.15, 0.2) is 48.8 Å². The Morgan fingerprint density at radius 2 is 2.21 bits per heavy atom. The summed E-state index contributed by atoms with van der Waals surface area (Å²) >= 11 is 1.86. The molecule has 2 heterocycles. The second-order valence-electron chi connectivity index (χ2n) is 6.12. The van der Waals surface area contributed by atoms with Crippen LogP contribution < -0.4 is 5.32 Å². The predicted octanol–water partition coefficient (Wildman–Crippen LogP) is 3.52. The lowest BCUT2D eigenvalue weighted by atomic mass is 10.1. The van der Waals surface area contributed by atoms with Crippen molar-refractivity contribution < 1.29 is 4.79 Å². The van der Waals surface area contributed by atoms with Crippen LogP contribution in [0.1, 0.15) is 22.3 Å². The number of aromatic nitrogens is 1. The van der Waals surface area contributed by atoms with E-state index < -0.39 is 0 Å². The number of rotatable bonds is 6. The number of carbonyl (C=O) groups is 1. The second kappa shape index (κ2) is 8.20. The molecule has 5 heteroatoms. The Kier molecular flexibility index (Phi) is 5.75. The first-order valence-corrected chi connectivity index (χ1v) is 9.67. The smallest absolute Gasteiger partial charge is 0.255 e. The van der Waals surface area contributed by atoms with E-state index in [1.54, 1.807) is 6.20 Å². The highest BCUT2D eigenvalue weighted by Crippen LogP contribution is 2.24. The van der Waals surface area contributed by atoms with Gasteiger partial charge in [-0.05, 0) is 48.1 Å². The summed E-state index contributed by atoms with van der Waals surface area (Å²) < 4.78 is 0. The van der Waals surface area contributed by atoms with Crippen molar-refractivity contribution >= 4 is 23.4 Å². The molecular weight excluding hydrogens is 318 g/mol. The van der Waals surface area contributed by atoms with E-state index in [2.05, 4.69) is 16.6 Å². The summed E-state index contributed by atoms with van der Waals surface area (Å²) in [7, 11) is 0. The number of hydrogen-bond donors (Lipinski definition) is 1. The number of amides is 1. The zero-order valence-electron chi connectivity index (χ0n) is 13.9. The van der Waals surface area contributed by atoms with Crippen LogP contribution in [0.2, 0.25) is 0 Å². The van der Waals surface area contributed by atoms with Crippen molar-refractivity contribution in [2.24, 2.45) is 5.92 Å². The van der Waals surface area contributed by atoms with Crippen molar-refractivity contribution in [1.82, 2.24) is 9.88 Å². The minimum absolute atomic E-state index is 0.132. The molecule has 1 fully saturated rings. The van der Waals surface area contributed by atoms with Gasteiger partial charge in [0.25, 0.3) is 5.91 Å². The molecule has 1 unspecified atom stereocenters. The largest absolute Gasteiger partial charge is 0.380 e. The average Bonchev–Trinajstić information content (AvgIpc) is 3.09. The lowest BCUT2D eigenvalue weighted by molar-refractivity contribution is 0.0789. The predicted molar refractivity (Wildman–Crippen MR) is 100 cm³/mol. The Morgan fingerprint density at radius 1 is 1.33 bits per heavy atom. The lowest BCUT2D eigenvalue weighted by Crippen LogP contribution is -2.29. The molecule has 1 aromatic heterocycles. The molecule has 24 heavy (non-hydrogen) atoms. The summed E-state index contributed by atoms with van der Waals surface area (Å²) in [5.41, 5.74) is 2.74. The summed E-state index contributed by atoms with van der Waals surface area (Å²) in [6.45, 7) is 2.39. The Balaban J connectivity index is 1.68. The number of nitrogens with zero attached hydrogens (tertiary/aromatic N) is 2. The number of para-hydroxylation sites is 1. The van der Waals surface area contributed by atoms with Crippen LogP contribution in [-0.4, -0.2) is 40.9 Å². The van der Waals surface area contributed by atoms with Gasteiger partial charge in [0.15, 0.2) is 0 Å². The molecule has 0 radical (unpaired) electrons. The molecule has 2 aromatic rings. The molecule has 0 spiro atoms. The van der Waals surface area contributed by atoms with Crippen molar-refractivity contribution in [3.05, 3.63) is 59.9 Å². The number of thioether (sulfide) groups is 1. The van der Waals surface area contributed by atoms with E-state index in [9.17, 15) is 4.79 Å². The van der Waals surface area contributed by atoms with Crippen molar-refractivity contribution in [3.63, 3.8) is 0 Å². The molecule has 1 aliphatic heterocycles. The maximum absolute atomic E-state index is 12.9. The van der Waals surface area contributed by atoms with Gasteiger partial charge in [0.2, 0.25) is 0 Å². The maximum Gasteiger partial charge on any atom is 0.255 e. The molecule has 0 saturated carbocycles. The Morgan fingerprint density at radius 3 is 3.00 bits per heavy atom. The van der Waals surface area contributed by atoms with Gasteiger partial charge < -0.3 is 10.2 Å². The molecule has 3 rings (SSSR count). The number of anilines is 1. The van der Waals surface area contributed by atoms with Gasteiger partial charge in [-0.15, -0.1) is 0 Å². The highest BCUT2D eigenvalue weighted by atomic mass is 32.2. The molecule has 1 atom stereocenters. The van der Waals surface area contributed by atoms with E-state index in [0.29, 0.717) is 12.5 Å². The third-order valence-electron chi connectivity index (χ3n) is 4.34. The number of hydrogen-bond acceptors (Lipinski definition) is 4. The van der Waals surface area contributed by atoms with Crippen LogP contribution in [-0.2, 0) is 6.54 Å². The number of nitrogens with one attached hydrogen (secondary N) is 1. The van der Waals surface area contributed by atoms with Crippen LogP contribution in [0.5, 0.6) is 0 Å². The zero-order valence-corrected chi connectivity index (χ0v) is 14.8. The summed E-state index contributed by atoms with van der Waals surface area (Å²) in [6.07, 6.45) is 6.84. The Labute approximate surface area is 147 Å². The van der Waals surface area contributed by atoms with E-state index >= 15 is 0 Å². The molecule has 1 N–H and O–H groups in total. The third-order valence-corrected chi connectivity index (χ3v) is 5.14. The Bertz CT molecular complexity index is 677. The SMILES string of the molecule is CSCC1CCN(C(=O)c2ccccc2NCc2cccnc2)C1. The number of benzene rings is 1. The van der Waals surface area contributed by atoms with Crippen molar-refractivity contribution in [2.45, 2.75) is 13.0 Å². The first kappa shape index (κ1) is 16.8.